The van der Waals surface area contributed by atoms with Gasteiger partial charge in [-0.3, -0.25) is 14.5 Å². The van der Waals surface area contributed by atoms with Gasteiger partial charge in [0.05, 0.1) is 18.0 Å². The van der Waals surface area contributed by atoms with E-state index in [4.69, 9.17) is 9.15 Å². The molecule has 4 rings (SSSR count). The summed E-state index contributed by atoms with van der Waals surface area (Å²) in [5, 5.41) is 0. The number of hydrogen-bond donors (Lipinski definition) is 0. The number of allylic oxidation sites excluding steroid dienone is 2. The number of esters is 1. The van der Waals surface area contributed by atoms with Crippen molar-refractivity contribution in [2.75, 3.05) is 0 Å². The Bertz CT molecular complexity index is 907. The van der Waals surface area contributed by atoms with E-state index in [1.807, 2.05) is 42.5 Å². The lowest BCUT2D eigenvalue weighted by Crippen LogP contribution is -2.44. The summed E-state index contributed by atoms with van der Waals surface area (Å²) in [4.78, 5) is 42.7. The Morgan fingerprint density at radius 1 is 1.18 bits per heavy atom. The fourth-order valence-electron chi connectivity index (χ4n) is 3.68. The standard InChI is InChI=1S/C21H20N2O5/c1-13(23-19(24)15-9-5-6-10-16(15)20(23)25)21(26)27-12-18-22-11-17(28-18)14-7-3-2-4-8-14/h2-8,11,13,15-16H,9-10,12H2,1H3/t13-,15-,16-/m0/s1. The third-order valence-electron chi connectivity index (χ3n) is 5.22. The third-order valence-corrected chi connectivity index (χ3v) is 5.22. The molecule has 7 heteroatoms. The molecule has 2 aliphatic rings. The van der Waals surface area contributed by atoms with Crippen LogP contribution in [-0.4, -0.2) is 33.7 Å². The average Bonchev–Trinajstić information content (AvgIpc) is 3.30. The third kappa shape index (κ3) is 3.24. The molecule has 2 heterocycles. The minimum Gasteiger partial charge on any atom is -0.454 e. The van der Waals surface area contributed by atoms with Gasteiger partial charge in [-0.2, -0.15) is 0 Å². The number of fused-ring (bicyclic) bond motifs is 1. The maximum absolute atomic E-state index is 12.6. The van der Waals surface area contributed by atoms with Crippen LogP contribution in [0.4, 0.5) is 0 Å². The van der Waals surface area contributed by atoms with Crippen LogP contribution in [0.25, 0.3) is 11.3 Å². The highest BCUT2D eigenvalue weighted by Crippen LogP contribution is 2.36. The molecule has 144 valence electrons. The van der Waals surface area contributed by atoms with Crippen LogP contribution in [0.3, 0.4) is 0 Å². The molecule has 1 aliphatic carbocycles. The van der Waals surface area contributed by atoms with Crippen LogP contribution in [-0.2, 0) is 25.7 Å². The summed E-state index contributed by atoms with van der Waals surface area (Å²) in [6.07, 6.45) is 6.45. The average molecular weight is 380 g/mol. The number of rotatable bonds is 5. The maximum atomic E-state index is 12.6. The molecule has 3 atom stereocenters. The smallest absolute Gasteiger partial charge is 0.329 e. The number of hydrogen-bond acceptors (Lipinski definition) is 6. The summed E-state index contributed by atoms with van der Waals surface area (Å²) >= 11 is 0. The Hall–Kier alpha value is -3.22. The SMILES string of the molecule is C[C@@H](C(=O)OCc1ncc(-c2ccccc2)o1)N1C(=O)[C@H]2CC=CC[C@@H]2C1=O. The van der Waals surface area contributed by atoms with E-state index in [1.54, 1.807) is 6.20 Å². The van der Waals surface area contributed by atoms with Crippen molar-refractivity contribution in [3.63, 3.8) is 0 Å². The highest BCUT2D eigenvalue weighted by atomic mass is 16.5. The number of ether oxygens (including phenoxy) is 1. The summed E-state index contributed by atoms with van der Waals surface area (Å²) in [7, 11) is 0. The lowest BCUT2D eigenvalue weighted by molar-refractivity contribution is -0.159. The molecule has 0 radical (unpaired) electrons. The molecule has 1 saturated heterocycles. The van der Waals surface area contributed by atoms with E-state index in [2.05, 4.69) is 4.98 Å². The van der Waals surface area contributed by atoms with Crippen molar-refractivity contribution in [1.82, 2.24) is 9.88 Å². The van der Waals surface area contributed by atoms with Crippen molar-refractivity contribution in [3.8, 4) is 11.3 Å². The summed E-state index contributed by atoms with van der Waals surface area (Å²) < 4.78 is 10.8. The molecule has 0 bridgehead atoms. The predicted molar refractivity (Wildman–Crippen MR) is 98.4 cm³/mol. The van der Waals surface area contributed by atoms with Gasteiger partial charge in [0.15, 0.2) is 12.4 Å². The monoisotopic (exact) mass is 380 g/mol. The van der Waals surface area contributed by atoms with Crippen molar-refractivity contribution < 1.29 is 23.5 Å². The van der Waals surface area contributed by atoms with E-state index >= 15 is 0 Å². The van der Waals surface area contributed by atoms with Gasteiger partial charge < -0.3 is 9.15 Å². The Kier molecular flexibility index (Phi) is 4.81. The Morgan fingerprint density at radius 2 is 1.82 bits per heavy atom. The van der Waals surface area contributed by atoms with Crippen LogP contribution < -0.4 is 0 Å². The number of carbonyl (C=O) groups is 3. The van der Waals surface area contributed by atoms with Crippen molar-refractivity contribution in [2.45, 2.75) is 32.4 Å². The molecule has 7 nitrogen and oxygen atoms in total. The molecule has 0 N–H and O–H groups in total. The van der Waals surface area contributed by atoms with Crippen LogP contribution in [0.15, 0.2) is 53.1 Å². The van der Waals surface area contributed by atoms with Gasteiger partial charge in [-0.15, -0.1) is 0 Å². The zero-order chi connectivity index (χ0) is 19.7. The van der Waals surface area contributed by atoms with Crippen molar-refractivity contribution in [3.05, 3.63) is 54.6 Å². The number of nitrogens with zero attached hydrogens (tertiary/aromatic N) is 2. The number of likely N-dealkylation sites (tertiary alicyclic amines) is 1. The quantitative estimate of drug-likeness (QED) is 0.450. The van der Waals surface area contributed by atoms with Crippen molar-refractivity contribution in [2.24, 2.45) is 11.8 Å². The second-order valence-corrected chi connectivity index (χ2v) is 6.97. The number of oxazole rings is 1. The van der Waals surface area contributed by atoms with Crippen molar-refractivity contribution >= 4 is 17.8 Å². The van der Waals surface area contributed by atoms with Crippen LogP contribution >= 0.6 is 0 Å². The van der Waals surface area contributed by atoms with Crippen LogP contribution in [0.5, 0.6) is 0 Å². The van der Waals surface area contributed by atoms with E-state index in [-0.39, 0.29) is 36.1 Å². The number of carbonyl (C=O) groups excluding carboxylic acids is 3. The Labute approximate surface area is 162 Å². The van der Waals surface area contributed by atoms with Gasteiger partial charge in [0.2, 0.25) is 17.7 Å². The van der Waals surface area contributed by atoms with E-state index < -0.39 is 12.0 Å². The molecular formula is C21H20N2O5. The molecule has 28 heavy (non-hydrogen) atoms. The Morgan fingerprint density at radius 3 is 2.46 bits per heavy atom. The number of benzene rings is 1. The minimum absolute atomic E-state index is 0.166. The number of imide groups is 1. The first-order valence-electron chi connectivity index (χ1n) is 9.25. The molecule has 1 aromatic heterocycles. The van der Waals surface area contributed by atoms with E-state index in [1.165, 1.54) is 6.92 Å². The maximum Gasteiger partial charge on any atom is 0.329 e. The first kappa shape index (κ1) is 18.2. The second kappa shape index (κ2) is 7.42. The highest BCUT2D eigenvalue weighted by Gasteiger charge is 2.50. The van der Waals surface area contributed by atoms with E-state index in [0.717, 1.165) is 10.5 Å². The van der Waals surface area contributed by atoms with Gasteiger partial charge in [-0.1, -0.05) is 42.5 Å². The summed E-state index contributed by atoms with van der Waals surface area (Å²) in [6, 6.07) is 8.47. The molecule has 1 aliphatic heterocycles. The van der Waals surface area contributed by atoms with Gasteiger partial charge in [0.1, 0.15) is 6.04 Å². The Balaban J connectivity index is 1.38. The zero-order valence-corrected chi connectivity index (χ0v) is 15.4. The van der Waals surface area contributed by atoms with Crippen LogP contribution in [0.2, 0.25) is 0 Å². The zero-order valence-electron chi connectivity index (χ0n) is 15.4. The fourth-order valence-corrected chi connectivity index (χ4v) is 3.68. The van der Waals surface area contributed by atoms with Gasteiger partial charge >= 0.3 is 5.97 Å². The fraction of sp³-hybridized carbons (Fsp3) is 0.333. The van der Waals surface area contributed by atoms with E-state index in [0.29, 0.717) is 18.6 Å². The number of aromatic nitrogens is 1. The predicted octanol–water partition coefficient (Wildman–Crippen LogP) is 2.72. The van der Waals surface area contributed by atoms with Crippen LogP contribution in [0.1, 0.15) is 25.7 Å². The molecule has 0 saturated carbocycles. The van der Waals surface area contributed by atoms with Gasteiger partial charge in [0.25, 0.3) is 0 Å². The molecular weight excluding hydrogens is 360 g/mol. The lowest BCUT2D eigenvalue weighted by atomic mass is 9.85. The van der Waals surface area contributed by atoms with Gasteiger partial charge in [-0.25, -0.2) is 9.78 Å². The molecule has 0 spiro atoms. The first-order chi connectivity index (χ1) is 13.6. The molecule has 2 aromatic rings. The van der Waals surface area contributed by atoms with Gasteiger partial charge in [0, 0.05) is 5.56 Å². The summed E-state index contributed by atoms with van der Waals surface area (Å²) in [5.74, 6) is -1.18. The molecule has 1 fully saturated rings. The van der Waals surface area contributed by atoms with Crippen molar-refractivity contribution in [1.29, 1.82) is 0 Å². The van der Waals surface area contributed by atoms with E-state index in [9.17, 15) is 14.4 Å². The number of amides is 2. The molecule has 0 unspecified atom stereocenters. The molecule has 1 aromatic carbocycles. The summed E-state index contributed by atoms with van der Waals surface area (Å²) in [5.41, 5.74) is 0.866. The van der Waals surface area contributed by atoms with Gasteiger partial charge in [-0.05, 0) is 19.8 Å². The second-order valence-electron chi connectivity index (χ2n) is 6.97. The highest BCUT2D eigenvalue weighted by molar-refractivity contribution is 6.08. The lowest BCUT2D eigenvalue weighted by Gasteiger charge is -2.21. The largest absolute Gasteiger partial charge is 0.454 e. The first-order valence-corrected chi connectivity index (χ1v) is 9.25. The van der Waals surface area contributed by atoms with Crippen LogP contribution in [0, 0.1) is 11.8 Å². The normalized spacial score (nSPS) is 22.2. The summed E-state index contributed by atoms with van der Waals surface area (Å²) in [6.45, 7) is 1.34. The molecule has 2 amide bonds. The minimum atomic E-state index is -0.978. The topological polar surface area (TPSA) is 89.7 Å².